The molecule has 59 heavy (non-hydrogen) atoms. The van der Waals surface area contributed by atoms with Crippen molar-refractivity contribution < 1.29 is 62.8 Å². The van der Waals surface area contributed by atoms with Gasteiger partial charge in [0, 0.05) is 12.8 Å². The number of carbonyl (C=O) groups excluding carboxylic acids is 2. The van der Waals surface area contributed by atoms with Gasteiger partial charge in [0.2, 0.25) is 0 Å². The van der Waals surface area contributed by atoms with Gasteiger partial charge in [-0.25, -0.2) is 4.57 Å². The van der Waals surface area contributed by atoms with Crippen LogP contribution in [-0.2, 0) is 37.5 Å². The number of phosphoric ester groups is 1. The first-order chi connectivity index (χ1) is 28.3. The Kier molecular flexibility index (Phi) is 35.3. The van der Waals surface area contributed by atoms with Gasteiger partial charge in [-0.15, -0.1) is 0 Å². The highest BCUT2D eigenvalue weighted by atomic mass is 31.2. The van der Waals surface area contributed by atoms with Crippen molar-refractivity contribution in [3.63, 3.8) is 0 Å². The Labute approximate surface area is 351 Å². The molecule has 0 aliphatic rings. The van der Waals surface area contributed by atoms with Crippen molar-refractivity contribution in [1.82, 2.24) is 0 Å². The van der Waals surface area contributed by atoms with E-state index in [4.69, 9.17) is 24.8 Å². The first-order valence-corrected chi connectivity index (χ1v) is 22.4. The highest BCUT2D eigenvalue weighted by Gasteiger charge is 2.28. The van der Waals surface area contributed by atoms with E-state index in [9.17, 15) is 39.2 Å². The molecule has 0 aromatic heterocycles. The molecule has 6 atom stereocenters. The molecule has 0 fully saturated rings. The lowest BCUT2D eigenvalue weighted by molar-refractivity contribution is -0.161. The van der Waals surface area contributed by atoms with Crippen molar-refractivity contribution in [2.75, 3.05) is 19.8 Å². The Bertz CT molecular complexity index is 1370. The fraction of sp³-hybridized carbons (Fsp3) is 0.614. The minimum Gasteiger partial charge on any atom is -0.480 e. The van der Waals surface area contributed by atoms with E-state index in [-0.39, 0.29) is 25.7 Å². The number of carboxylic acid groups (broad SMARTS) is 1. The lowest BCUT2D eigenvalue weighted by atomic mass is 10.1. The predicted octanol–water partition coefficient (Wildman–Crippen LogP) is 7.63. The summed E-state index contributed by atoms with van der Waals surface area (Å²) in [7, 11) is -4.81. The Morgan fingerprint density at radius 2 is 1.25 bits per heavy atom. The van der Waals surface area contributed by atoms with Gasteiger partial charge in [0.15, 0.2) is 6.10 Å². The first-order valence-electron chi connectivity index (χ1n) is 20.9. The Hall–Kier alpha value is -3.46. The number of carboxylic acids is 1. The highest BCUT2D eigenvalue weighted by molar-refractivity contribution is 7.47. The molecule has 0 spiro atoms. The summed E-state index contributed by atoms with van der Waals surface area (Å²) in [5, 5.41) is 39.3. The van der Waals surface area contributed by atoms with Crippen LogP contribution in [0.5, 0.6) is 0 Å². The molecule has 336 valence electrons. The maximum atomic E-state index is 12.6. The van der Waals surface area contributed by atoms with Crippen molar-refractivity contribution in [3.05, 3.63) is 85.1 Å². The minimum absolute atomic E-state index is 0.0631. The van der Waals surface area contributed by atoms with Crippen molar-refractivity contribution in [3.8, 4) is 0 Å². The van der Waals surface area contributed by atoms with E-state index in [0.29, 0.717) is 6.42 Å². The van der Waals surface area contributed by atoms with Crippen LogP contribution < -0.4 is 5.73 Å². The van der Waals surface area contributed by atoms with Crippen LogP contribution in [0.3, 0.4) is 0 Å². The summed E-state index contributed by atoms with van der Waals surface area (Å²) in [6, 6.07) is -1.58. The number of hydrogen-bond donors (Lipinski definition) is 6. The molecule has 0 aliphatic carbocycles. The van der Waals surface area contributed by atoms with Gasteiger partial charge in [-0.3, -0.25) is 23.4 Å². The fourth-order valence-corrected chi connectivity index (χ4v) is 5.83. The number of carbonyl (C=O) groups is 3. The van der Waals surface area contributed by atoms with E-state index in [0.717, 1.165) is 77.0 Å². The van der Waals surface area contributed by atoms with E-state index >= 15 is 0 Å². The van der Waals surface area contributed by atoms with E-state index in [1.807, 2.05) is 0 Å². The Balaban J connectivity index is 4.76. The number of aliphatic hydroxyl groups is 3. The second kappa shape index (κ2) is 37.5. The molecule has 0 aromatic rings. The molecule has 0 amide bonds. The maximum absolute atomic E-state index is 12.6. The smallest absolute Gasteiger partial charge is 0.472 e. The van der Waals surface area contributed by atoms with E-state index < -0.39 is 76.0 Å². The molecule has 0 saturated heterocycles. The normalized spacial score (nSPS) is 16.2. The van der Waals surface area contributed by atoms with Gasteiger partial charge in [0.05, 0.1) is 31.5 Å². The summed E-state index contributed by atoms with van der Waals surface area (Å²) in [6.07, 6.45) is 34.5. The van der Waals surface area contributed by atoms with Crippen LogP contribution in [0.4, 0.5) is 0 Å². The number of ether oxygens (including phenoxy) is 2. The topological polar surface area (TPSA) is 232 Å². The third-order valence-corrected chi connectivity index (χ3v) is 9.44. The van der Waals surface area contributed by atoms with Crippen LogP contribution in [0.25, 0.3) is 0 Å². The van der Waals surface area contributed by atoms with Gasteiger partial charge in [-0.1, -0.05) is 137 Å². The Morgan fingerprint density at radius 1 is 0.661 bits per heavy atom. The maximum Gasteiger partial charge on any atom is 0.472 e. The number of aliphatic carboxylic acids is 1. The number of rotatable bonds is 37. The highest BCUT2D eigenvalue weighted by Crippen LogP contribution is 2.43. The summed E-state index contributed by atoms with van der Waals surface area (Å²) in [4.78, 5) is 46.0. The first kappa shape index (κ1) is 55.5. The molecule has 0 saturated carbocycles. The molecular formula is C44H72NO13P. The number of esters is 2. The molecule has 15 heteroatoms. The van der Waals surface area contributed by atoms with Gasteiger partial charge < -0.3 is 40.5 Å². The molecule has 1 unspecified atom stereocenters. The summed E-state index contributed by atoms with van der Waals surface area (Å²) in [5.74, 6) is -2.79. The molecule has 14 nitrogen and oxygen atoms in total. The van der Waals surface area contributed by atoms with E-state index in [2.05, 4.69) is 54.8 Å². The van der Waals surface area contributed by atoms with Crippen molar-refractivity contribution in [2.45, 2.75) is 153 Å². The van der Waals surface area contributed by atoms with Crippen molar-refractivity contribution in [1.29, 1.82) is 0 Å². The average molecular weight is 854 g/mol. The molecule has 0 radical (unpaired) electrons. The lowest BCUT2D eigenvalue weighted by Gasteiger charge is -2.20. The minimum atomic E-state index is -4.81. The summed E-state index contributed by atoms with van der Waals surface area (Å²) in [5.41, 5.74) is 5.31. The van der Waals surface area contributed by atoms with Gasteiger partial charge in [0.1, 0.15) is 12.6 Å². The van der Waals surface area contributed by atoms with Crippen LogP contribution in [-0.4, -0.2) is 93.5 Å². The second-order valence-corrected chi connectivity index (χ2v) is 15.4. The monoisotopic (exact) mass is 853 g/mol. The van der Waals surface area contributed by atoms with E-state index in [1.165, 1.54) is 6.08 Å². The number of allylic oxidation sites excluding steroid dienone is 12. The van der Waals surface area contributed by atoms with Crippen LogP contribution in [0, 0.1) is 0 Å². The fourth-order valence-electron chi connectivity index (χ4n) is 5.05. The lowest BCUT2D eigenvalue weighted by Crippen LogP contribution is -2.34. The van der Waals surface area contributed by atoms with Crippen LogP contribution in [0.15, 0.2) is 85.1 Å². The summed E-state index contributed by atoms with van der Waals surface area (Å²) < 4.78 is 32.4. The van der Waals surface area contributed by atoms with E-state index in [1.54, 1.807) is 42.5 Å². The second-order valence-electron chi connectivity index (χ2n) is 14.0. The Morgan fingerprint density at radius 3 is 1.93 bits per heavy atom. The molecular weight excluding hydrogens is 781 g/mol. The van der Waals surface area contributed by atoms with Gasteiger partial charge in [-0.2, -0.15) is 0 Å². The standard InChI is InChI=1S/C44H72NO13P/c1-3-5-7-8-9-10-11-12-13-14-15-16-17-22-26-32-43(50)58-38(35-56-59(53,54)57-36-39(45)44(51)52)34-55-42(49)33-27-31-41(48)40(47)30-25-21-19-18-20-24-29-37(46)28-23-6-4-2/h5,7,9-10,12-13,18-21,24-25,29-30,37-41,46-48H,3-4,6,8,11,14-17,22-23,26-28,31-36,45H2,1-2H3,(H,51,52)(H,53,54)/b7-5-,10-9-,13-12-,20-18-,21-19+,29-24+,30-25+/t37-,38-,39+,40-,41-/m1/s1. The number of hydrogen-bond acceptors (Lipinski definition) is 12. The van der Waals surface area contributed by atoms with Crippen LogP contribution in [0.2, 0.25) is 0 Å². The zero-order chi connectivity index (χ0) is 44.0. The largest absolute Gasteiger partial charge is 0.480 e. The zero-order valence-corrected chi connectivity index (χ0v) is 36.0. The number of nitrogens with two attached hydrogens (primary N) is 1. The molecule has 0 heterocycles. The molecule has 0 bridgehead atoms. The molecule has 0 aliphatic heterocycles. The molecule has 7 N–H and O–H groups in total. The quantitative estimate of drug-likeness (QED) is 0.0116. The van der Waals surface area contributed by atoms with Crippen LogP contribution in [0.1, 0.15) is 123 Å². The SMILES string of the molecule is CC/C=C\C/C=C\C/C=C\CCCCCCCC(=O)O[C@H](COC(=O)CCC[C@@H](O)[C@H](O)/C=C/C=C/C=C\C=C\[C@H](O)CCCCC)COP(=O)(O)OC[C@H](N)C(=O)O. The third kappa shape index (κ3) is 36.1. The third-order valence-electron chi connectivity index (χ3n) is 8.49. The van der Waals surface area contributed by atoms with Gasteiger partial charge in [0.25, 0.3) is 0 Å². The van der Waals surface area contributed by atoms with Crippen molar-refractivity contribution in [2.24, 2.45) is 5.73 Å². The average Bonchev–Trinajstić information content (AvgIpc) is 3.20. The van der Waals surface area contributed by atoms with Gasteiger partial charge >= 0.3 is 25.7 Å². The number of unbranched alkanes of at least 4 members (excludes halogenated alkanes) is 7. The summed E-state index contributed by atoms with van der Waals surface area (Å²) in [6.45, 7) is 2.19. The number of phosphoric acid groups is 1. The number of aliphatic hydroxyl groups excluding tert-OH is 3. The van der Waals surface area contributed by atoms with Crippen molar-refractivity contribution >= 4 is 25.7 Å². The van der Waals surface area contributed by atoms with Gasteiger partial charge in [-0.05, 0) is 57.8 Å². The predicted molar refractivity (Wildman–Crippen MR) is 230 cm³/mol. The molecule has 0 rings (SSSR count). The molecule has 0 aromatic carbocycles. The zero-order valence-electron chi connectivity index (χ0n) is 35.1. The summed E-state index contributed by atoms with van der Waals surface area (Å²) >= 11 is 0. The van der Waals surface area contributed by atoms with Crippen LogP contribution >= 0.6 is 7.82 Å².